The summed E-state index contributed by atoms with van der Waals surface area (Å²) in [5.74, 6) is -0.800. The number of thiol groups is 3. The molecule has 288 valence electrons. The Bertz CT molecular complexity index is 629. The maximum absolute atomic E-state index is 10.5. The minimum atomic E-state index is -0.793. The molecule has 0 aromatic heterocycles. The molecule has 0 spiro atoms. The number of hydrogen-bond acceptors (Lipinski definition) is 6. The third-order valence-electron chi connectivity index (χ3n) is 8.71. The zero-order valence-electron chi connectivity index (χ0n) is 32.0. The molecule has 0 fully saturated rings. The zero-order chi connectivity index (χ0) is 37.8. The molecule has 0 saturated carbocycles. The summed E-state index contributed by atoms with van der Waals surface area (Å²) < 4.78 is 1.50. The molecule has 0 aliphatic carbocycles. The van der Waals surface area contributed by atoms with Crippen LogP contribution >= 0.6 is 37.9 Å². The Balaban J connectivity index is -0.000000271. The van der Waals surface area contributed by atoms with Gasteiger partial charge in [-0.2, -0.15) is 37.9 Å². The van der Waals surface area contributed by atoms with Crippen LogP contribution < -0.4 is 0 Å². The van der Waals surface area contributed by atoms with E-state index in [1.165, 1.54) is 104 Å². The van der Waals surface area contributed by atoms with Gasteiger partial charge in [-0.1, -0.05) is 119 Å². The molecule has 6 unspecified atom stereocenters. The van der Waals surface area contributed by atoms with Crippen molar-refractivity contribution in [3.63, 3.8) is 0 Å². The van der Waals surface area contributed by atoms with E-state index in [0.717, 1.165) is 38.5 Å². The van der Waals surface area contributed by atoms with Gasteiger partial charge in [-0.25, -0.2) is 0 Å². The molecule has 0 aliphatic rings. The van der Waals surface area contributed by atoms with Gasteiger partial charge < -0.3 is 15.3 Å². The number of aliphatic carboxylic acids is 3. The van der Waals surface area contributed by atoms with Crippen LogP contribution in [0.5, 0.6) is 0 Å². The Labute approximate surface area is 327 Å². The van der Waals surface area contributed by atoms with Crippen molar-refractivity contribution in [2.45, 2.75) is 203 Å². The predicted molar refractivity (Wildman–Crippen MR) is 220 cm³/mol. The molecule has 6 atom stereocenters. The van der Waals surface area contributed by atoms with Gasteiger partial charge in [-0.15, -0.1) is 0 Å². The van der Waals surface area contributed by atoms with Gasteiger partial charge in [-0.3, -0.25) is 14.4 Å². The Hall–Kier alpha value is 0.259. The fourth-order valence-corrected chi connectivity index (χ4v) is 6.84. The van der Waals surface area contributed by atoms with E-state index in [1.807, 2.05) is 0 Å². The fraction of sp³-hybridized carbons (Fsp3) is 0.921. The number of rotatable bonds is 27. The second-order valence-corrected chi connectivity index (χ2v) is 16.6. The van der Waals surface area contributed by atoms with Crippen molar-refractivity contribution < 1.29 is 29.7 Å². The molecule has 0 heterocycles. The minimum absolute atomic E-state index is 0.484. The van der Waals surface area contributed by atoms with Crippen LogP contribution in [0.2, 0.25) is 4.44 Å². The van der Waals surface area contributed by atoms with Gasteiger partial charge in [0, 0.05) is 0 Å². The van der Waals surface area contributed by atoms with Gasteiger partial charge in [-0.05, 0) is 37.0 Å². The summed E-state index contributed by atoms with van der Waals surface area (Å²) in [6, 6.07) is 0. The van der Waals surface area contributed by atoms with E-state index in [0.29, 0.717) is 37.0 Å². The number of carbonyl (C=O) groups is 3. The zero-order valence-corrected chi connectivity index (χ0v) is 38.0. The van der Waals surface area contributed by atoms with Crippen LogP contribution in [0.15, 0.2) is 0 Å². The van der Waals surface area contributed by atoms with E-state index in [2.05, 4.69) is 86.4 Å². The molecule has 0 aromatic rings. The molecule has 3 N–H and O–H groups in total. The van der Waals surface area contributed by atoms with Crippen molar-refractivity contribution in [2.75, 3.05) is 0 Å². The molecular formula is C38H78O6S3Sn. The van der Waals surface area contributed by atoms with Crippen molar-refractivity contribution in [3.8, 4) is 0 Å². The Morgan fingerprint density at radius 1 is 0.458 bits per heavy atom. The summed E-state index contributed by atoms with van der Waals surface area (Å²) in [6.45, 7) is 15.1. The Morgan fingerprint density at radius 3 is 0.917 bits per heavy atom. The molecule has 0 rings (SSSR count). The number of carboxylic acids is 3. The first-order valence-corrected chi connectivity index (χ1v) is 23.1. The first-order chi connectivity index (χ1) is 22.8. The van der Waals surface area contributed by atoms with Crippen LogP contribution in [0.4, 0.5) is 0 Å². The van der Waals surface area contributed by atoms with Gasteiger partial charge >= 0.3 is 90.3 Å². The van der Waals surface area contributed by atoms with E-state index < -0.39 is 33.7 Å². The van der Waals surface area contributed by atoms with Crippen LogP contribution in [-0.4, -0.2) is 71.5 Å². The Morgan fingerprint density at radius 2 is 0.708 bits per heavy atom. The molecule has 0 aromatic carbocycles. The van der Waals surface area contributed by atoms with Crippen molar-refractivity contribution in [1.82, 2.24) is 0 Å². The summed E-state index contributed by atoms with van der Waals surface area (Å²) in [6.07, 6.45) is 24.6. The van der Waals surface area contributed by atoms with E-state index >= 15 is 0 Å². The quantitative estimate of drug-likeness (QED) is 0.0279. The standard InChI is InChI=1S/3C10H20O2S.C8H17.Sn.H/c3*1-3-5-6-8(4-2)7-9(13)10(11)12;1-3-5-7-8-6-4-2;;/h3*8-9,13H,3-7H2,1-2H3,(H,11,12);1,3-8H2,2H3;;. The topological polar surface area (TPSA) is 112 Å². The summed E-state index contributed by atoms with van der Waals surface area (Å²) in [5, 5.41) is 24.6. The monoisotopic (exact) mass is 846 g/mol. The molecule has 2 radical (unpaired) electrons. The molecule has 0 saturated heterocycles. The van der Waals surface area contributed by atoms with Gasteiger partial charge in [0.05, 0.1) is 15.7 Å². The SMILES string of the molecule is CCCCC(CC)CC(S)C(=O)O.CCCCC(CC)CC(S)C(=O)O.CCCCC(CC)CC(S)C(=O)O.CCCCCCC[CH2][SnH]. The van der Waals surface area contributed by atoms with E-state index in [9.17, 15) is 14.4 Å². The van der Waals surface area contributed by atoms with Gasteiger partial charge in [0.1, 0.15) is 0 Å². The van der Waals surface area contributed by atoms with Crippen molar-refractivity contribution >= 4 is 78.3 Å². The molecule has 10 heteroatoms. The van der Waals surface area contributed by atoms with E-state index in [1.54, 1.807) is 0 Å². The average molecular weight is 846 g/mol. The third kappa shape index (κ3) is 40.7. The summed E-state index contributed by atoms with van der Waals surface area (Å²) >= 11 is 13.6. The number of unbranched alkanes of at least 4 members (excludes halogenated alkanes) is 8. The maximum atomic E-state index is 10.5. The molecule has 6 nitrogen and oxygen atoms in total. The number of hydrogen-bond donors (Lipinski definition) is 6. The van der Waals surface area contributed by atoms with Crippen molar-refractivity contribution in [3.05, 3.63) is 0 Å². The first kappa shape index (κ1) is 55.0. The normalized spacial score (nSPS) is 14.3. The molecular weight excluding hydrogens is 767 g/mol. The fourth-order valence-electron chi connectivity index (χ4n) is 5.12. The molecule has 0 bridgehead atoms. The number of carboxylic acid groups (broad SMARTS) is 3. The van der Waals surface area contributed by atoms with Crippen LogP contribution in [0.3, 0.4) is 0 Å². The first-order valence-electron chi connectivity index (χ1n) is 19.2. The van der Waals surface area contributed by atoms with Crippen LogP contribution in [0.1, 0.15) is 183 Å². The Kier molecular flexibility index (Phi) is 47.8. The van der Waals surface area contributed by atoms with Crippen LogP contribution in [0.25, 0.3) is 0 Å². The summed E-state index contributed by atoms with van der Waals surface area (Å²) in [5.41, 5.74) is 0. The molecule has 48 heavy (non-hydrogen) atoms. The van der Waals surface area contributed by atoms with Crippen LogP contribution in [0, 0.1) is 17.8 Å². The second-order valence-electron chi connectivity index (χ2n) is 13.1. The average Bonchev–Trinajstić information content (AvgIpc) is 3.07. The van der Waals surface area contributed by atoms with Crippen LogP contribution in [-0.2, 0) is 14.4 Å². The van der Waals surface area contributed by atoms with Gasteiger partial charge in [0.15, 0.2) is 0 Å². The molecule has 0 aliphatic heterocycles. The van der Waals surface area contributed by atoms with E-state index in [4.69, 9.17) is 15.3 Å². The second kappa shape index (κ2) is 41.7. The predicted octanol–water partition coefficient (Wildman–Crippen LogP) is 11.6. The van der Waals surface area contributed by atoms with E-state index in [-0.39, 0.29) is 0 Å². The summed E-state index contributed by atoms with van der Waals surface area (Å²) in [4.78, 5) is 31.6. The molecule has 0 amide bonds. The third-order valence-corrected chi connectivity index (χ3v) is 11.2. The summed E-state index contributed by atoms with van der Waals surface area (Å²) in [7, 11) is 0. The van der Waals surface area contributed by atoms with Gasteiger partial charge in [0.2, 0.25) is 0 Å². The van der Waals surface area contributed by atoms with Gasteiger partial charge in [0.25, 0.3) is 0 Å². The van der Waals surface area contributed by atoms with Crippen molar-refractivity contribution in [1.29, 1.82) is 0 Å². The van der Waals surface area contributed by atoms with Crippen molar-refractivity contribution in [2.24, 2.45) is 17.8 Å².